The summed E-state index contributed by atoms with van der Waals surface area (Å²) in [6, 6.07) is 5.72. The number of ether oxygens (including phenoxy) is 1. The minimum atomic E-state index is -0.655. The highest BCUT2D eigenvalue weighted by molar-refractivity contribution is 6.32. The minimum absolute atomic E-state index is 0.00593. The number of amides is 1. The normalized spacial score (nSPS) is 28.0. The van der Waals surface area contributed by atoms with Gasteiger partial charge in [0, 0.05) is 26.2 Å². The molecule has 0 aromatic heterocycles. The first-order chi connectivity index (χ1) is 11.5. The van der Waals surface area contributed by atoms with Crippen LogP contribution < -0.4 is 10.1 Å². The van der Waals surface area contributed by atoms with Gasteiger partial charge in [-0.15, -0.1) is 0 Å². The molecule has 0 aliphatic carbocycles. The van der Waals surface area contributed by atoms with Crippen LogP contribution in [0.3, 0.4) is 0 Å². The molecule has 2 heterocycles. The molecule has 2 aliphatic rings. The summed E-state index contributed by atoms with van der Waals surface area (Å²) in [6.45, 7) is 5.30. The van der Waals surface area contributed by atoms with E-state index in [1.54, 1.807) is 0 Å². The van der Waals surface area contributed by atoms with Crippen molar-refractivity contribution in [2.24, 2.45) is 5.41 Å². The van der Waals surface area contributed by atoms with Crippen molar-refractivity contribution in [3.63, 3.8) is 0 Å². The molecule has 2 N–H and O–H groups in total. The fraction of sp³-hybridized carbons (Fsp3) is 0.611. The van der Waals surface area contributed by atoms with Crippen LogP contribution in [0.4, 0.5) is 0 Å². The third-order valence-electron chi connectivity index (χ3n) is 5.15. The third-order valence-corrected chi connectivity index (χ3v) is 5.46. The lowest BCUT2D eigenvalue weighted by atomic mass is 9.71. The molecule has 2 saturated heterocycles. The number of aliphatic hydroxyl groups excluding tert-OH is 1. The van der Waals surface area contributed by atoms with Crippen molar-refractivity contribution >= 4 is 17.5 Å². The van der Waals surface area contributed by atoms with Crippen LogP contribution in [0.1, 0.15) is 24.8 Å². The Morgan fingerprint density at radius 1 is 1.50 bits per heavy atom. The van der Waals surface area contributed by atoms with Gasteiger partial charge in [0.1, 0.15) is 12.4 Å². The molecule has 2 aliphatic heterocycles. The zero-order valence-electron chi connectivity index (χ0n) is 14.1. The number of carbonyl (C=O) groups excluding carboxylic acids is 1. The molecule has 1 aromatic carbocycles. The lowest BCUT2D eigenvalue weighted by Crippen LogP contribution is -2.61. The molecule has 6 heteroatoms. The van der Waals surface area contributed by atoms with Crippen LogP contribution in [0.25, 0.3) is 0 Å². The fourth-order valence-electron chi connectivity index (χ4n) is 3.73. The standard InChI is InChI=1S/C18H25ClN2O3/c1-13-3-4-14(19)15(11-13)24-10-9-21-8-5-16(22)18(12-21)6-2-7-20-17(18)23/h3-4,11,16,22H,2,5-10,12H2,1H3,(H,20,23)/t16-,18-/m1/s1. The van der Waals surface area contributed by atoms with Gasteiger partial charge in [0.05, 0.1) is 16.5 Å². The number of hydrogen-bond acceptors (Lipinski definition) is 4. The molecule has 1 spiro atoms. The van der Waals surface area contributed by atoms with E-state index >= 15 is 0 Å². The van der Waals surface area contributed by atoms with E-state index in [1.165, 1.54) is 0 Å². The van der Waals surface area contributed by atoms with Gasteiger partial charge in [-0.1, -0.05) is 17.7 Å². The molecule has 2 fully saturated rings. The zero-order valence-corrected chi connectivity index (χ0v) is 14.8. The first kappa shape index (κ1) is 17.5. The lowest BCUT2D eigenvalue weighted by Gasteiger charge is -2.46. The quantitative estimate of drug-likeness (QED) is 0.870. The highest BCUT2D eigenvalue weighted by Crippen LogP contribution is 2.37. The van der Waals surface area contributed by atoms with Crippen LogP contribution in [0.5, 0.6) is 5.75 Å². The second-order valence-electron chi connectivity index (χ2n) is 6.88. The van der Waals surface area contributed by atoms with Crippen LogP contribution in [-0.4, -0.2) is 54.8 Å². The number of aliphatic hydroxyl groups is 1. The van der Waals surface area contributed by atoms with E-state index in [9.17, 15) is 9.90 Å². The monoisotopic (exact) mass is 352 g/mol. The van der Waals surface area contributed by atoms with Gasteiger partial charge in [0.25, 0.3) is 0 Å². The smallest absolute Gasteiger partial charge is 0.230 e. The summed E-state index contributed by atoms with van der Waals surface area (Å²) in [5.41, 5.74) is 0.450. The zero-order chi connectivity index (χ0) is 17.2. The molecule has 2 atom stereocenters. The maximum absolute atomic E-state index is 12.4. The number of halogens is 1. The summed E-state index contributed by atoms with van der Waals surface area (Å²) < 4.78 is 5.81. The highest BCUT2D eigenvalue weighted by atomic mass is 35.5. The highest BCUT2D eigenvalue weighted by Gasteiger charge is 2.49. The molecule has 0 saturated carbocycles. The molecule has 5 nitrogen and oxygen atoms in total. The molecular weight excluding hydrogens is 328 g/mol. The van der Waals surface area contributed by atoms with Gasteiger partial charge < -0.3 is 15.2 Å². The van der Waals surface area contributed by atoms with Crippen molar-refractivity contribution in [3.8, 4) is 5.75 Å². The summed E-state index contributed by atoms with van der Waals surface area (Å²) in [4.78, 5) is 14.6. The van der Waals surface area contributed by atoms with Crippen molar-refractivity contribution in [1.29, 1.82) is 0 Å². The van der Waals surface area contributed by atoms with E-state index in [0.29, 0.717) is 43.4 Å². The Morgan fingerprint density at radius 2 is 2.33 bits per heavy atom. The molecule has 0 radical (unpaired) electrons. The number of aryl methyl sites for hydroxylation is 1. The molecule has 24 heavy (non-hydrogen) atoms. The van der Waals surface area contributed by atoms with E-state index in [1.807, 2.05) is 25.1 Å². The van der Waals surface area contributed by atoms with Gasteiger partial charge in [0.2, 0.25) is 5.91 Å². The van der Waals surface area contributed by atoms with E-state index in [0.717, 1.165) is 24.9 Å². The van der Waals surface area contributed by atoms with Crippen LogP contribution in [-0.2, 0) is 4.79 Å². The number of piperidine rings is 2. The van der Waals surface area contributed by atoms with Crippen molar-refractivity contribution in [3.05, 3.63) is 28.8 Å². The molecule has 0 unspecified atom stereocenters. The van der Waals surface area contributed by atoms with Gasteiger partial charge in [-0.3, -0.25) is 9.69 Å². The van der Waals surface area contributed by atoms with Crippen LogP contribution in [0, 0.1) is 12.3 Å². The Morgan fingerprint density at radius 3 is 3.12 bits per heavy atom. The Labute approximate surface area is 147 Å². The first-order valence-electron chi connectivity index (χ1n) is 8.59. The third kappa shape index (κ3) is 3.53. The second kappa shape index (κ2) is 7.30. The Hall–Kier alpha value is -1.30. The number of nitrogens with zero attached hydrogens (tertiary/aromatic N) is 1. The number of benzene rings is 1. The predicted molar refractivity (Wildman–Crippen MR) is 93.4 cm³/mol. The Bertz CT molecular complexity index is 610. The largest absolute Gasteiger partial charge is 0.491 e. The Balaban J connectivity index is 1.58. The summed E-state index contributed by atoms with van der Waals surface area (Å²) in [5.74, 6) is 0.687. The van der Waals surface area contributed by atoms with Crippen molar-refractivity contribution in [2.45, 2.75) is 32.3 Å². The number of carbonyl (C=O) groups is 1. The molecule has 3 rings (SSSR count). The molecule has 1 aromatic rings. The number of nitrogens with one attached hydrogen (secondary N) is 1. The van der Waals surface area contributed by atoms with Crippen molar-refractivity contribution < 1.29 is 14.6 Å². The summed E-state index contributed by atoms with van der Waals surface area (Å²) in [6.07, 6.45) is 1.74. The van der Waals surface area contributed by atoms with Gasteiger partial charge in [-0.05, 0) is 43.9 Å². The van der Waals surface area contributed by atoms with Gasteiger partial charge in [-0.2, -0.15) is 0 Å². The fourth-order valence-corrected chi connectivity index (χ4v) is 3.90. The van der Waals surface area contributed by atoms with E-state index in [4.69, 9.17) is 16.3 Å². The average Bonchev–Trinajstić information content (AvgIpc) is 2.56. The maximum atomic E-state index is 12.4. The SMILES string of the molecule is Cc1ccc(Cl)c(OCCN2CC[C@@H](O)[C@@]3(CCCNC3=O)C2)c1. The average molecular weight is 353 g/mol. The summed E-state index contributed by atoms with van der Waals surface area (Å²) >= 11 is 6.15. The molecule has 0 bridgehead atoms. The second-order valence-corrected chi connectivity index (χ2v) is 7.29. The molecule has 132 valence electrons. The van der Waals surface area contributed by atoms with Crippen LogP contribution >= 0.6 is 11.6 Å². The Kier molecular flexibility index (Phi) is 5.33. The lowest BCUT2D eigenvalue weighted by molar-refractivity contribution is -0.149. The minimum Gasteiger partial charge on any atom is -0.491 e. The van der Waals surface area contributed by atoms with Gasteiger partial charge in [0.15, 0.2) is 0 Å². The topological polar surface area (TPSA) is 61.8 Å². The molecular formula is C18H25ClN2O3. The van der Waals surface area contributed by atoms with Crippen LogP contribution in [0.2, 0.25) is 5.02 Å². The number of likely N-dealkylation sites (tertiary alicyclic amines) is 1. The van der Waals surface area contributed by atoms with Crippen molar-refractivity contribution in [2.75, 3.05) is 32.8 Å². The van der Waals surface area contributed by atoms with Crippen LogP contribution in [0.15, 0.2) is 18.2 Å². The van der Waals surface area contributed by atoms with Gasteiger partial charge in [-0.25, -0.2) is 0 Å². The first-order valence-corrected chi connectivity index (χ1v) is 8.97. The van der Waals surface area contributed by atoms with Crippen molar-refractivity contribution in [1.82, 2.24) is 10.2 Å². The van der Waals surface area contributed by atoms with Gasteiger partial charge >= 0.3 is 0 Å². The van der Waals surface area contributed by atoms with E-state index in [-0.39, 0.29) is 5.91 Å². The van der Waals surface area contributed by atoms with E-state index in [2.05, 4.69) is 10.2 Å². The predicted octanol–water partition coefficient (Wildman–Crippen LogP) is 1.99. The summed E-state index contributed by atoms with van der Waals surface area (Å²) in [5, 5.41) is 13.9. The summed E-state index contributed by atoms with van der Waals surface area (Å²) in [7, 11) is 0. The number of rotatable bonds is 4. The van der Waals surface area contributed by atoms with E-state index < -0.39 is 11.5 Å². The molecule has 1 amide bonds. The number of hydrogen-bond donors (Lipinski definition) is 2. The maximum Gasteiger partial charge on any atom is 0.230 e.